The molecule has 5 nitrogen and oxygen atoms in total. The Bertz CT molecular complexity index is 773. The van der Waals surface area contributed by atoms with Crippen LogP contribution in [0.15, 0.2) is 48.1 Å². The Balaban J connectivity index is 1.92. The molecule has 0 amide bonds. The largest absolute Gasteiger partial charge is 0.479 e. The Kier molecular flexibility index (Phi) is 4.08. The van der Waals surface area contributed by atoms with Gasteiger partial charge in [0.15, 0.2) is 5.60 Å². The number of hydrogen-bond acceptors (Lipinski definition) is 5. The molecule has 1 aromatic heterocycles. The summed E-state index contributed by atoms with van der Waals surface area (Å²) in [7, 11) is 0. The Morgan fingerprint density at radius 3 is 2.70 bits per heavy atom. The van der Waals surface area contributed by atoms with Gasteiger partial charge in [-0.1, -0.05) is 24.3 Å². The SMILES string of the molecule is O=C(O)[C@]1(O)C=C(/C=C/c2cc3ccccc3s2)[C@@H](O)[C@H](O)C1. The molecule has 0 fully saturated rings. The summed E-state index contributed by atoms with van der Waals surface area (Å²) < 4.78 is 1.12. The lowest BCUT2D eigenvalue weighted by molar-refractivity contribution is -0.158. The third kappa shape index (κ3) is 3.07. The number of aliphatic hydroxyl groups excluding tert-OH is 2. The van der Waals surface area contributed by atoms with E-state index in [1.54, 1.807) is 17.4 Å². The molecule has 3 rings (SSSR count). The van der Waals surface area contributed by atoms with Crippen LogP contribution in [-0.2, 0) is 4.79 Å². The predicted octanol–water partition coefficient (Wildman–Crippen LogP) is 1.78. The van der Waals surface area contributed by atoms with Crippen molar-refractivity contribution in [2.45, 2.75) is 24.2 Å². The number of aliphatic hydroxyl groups is 3. The zero-order valence-corrected chi connectivity index (χ0v) is 12.9. The van der Waals surface area contributed by atoms with E-state index in [0.29, 0.717) is 0 Å². The molecule has 0 spiro atoms. The minimum Gasteiger partial charge on any atom is -0.479 e. The lowest BCUT2D eigenvalue weighted by Gasteiger charge is -2.32. The highest BCUT2D eigenvalue weighted by Gasteiger charge is 2.43. The molecule has 23 heavy (non-hydrogen) atoms. The summed E-state index contributed by atoms with van der Waals surface area (Å²) in [5.74, 6) is -1.45. The normalized spacial score (nSPS) is 28.2. The van der Waals surface area contributed by atoms with Gasteiger partial charge in [0, 0.05) is 16.0 Å². The average Bonchev–Trinajstić information content (AvgIpc) is 2.92. The van der Waals surface area contributed by atoms with Crippen LogP contribution in [0, 0.1) is 0 Å². The second kappa shape index (κ2) is 5.90. The van der Waals surface area contributed by atoms with Crippen LogP contribution in [0.25, 0.3) is 16.2 Å². The number of carboxylic acids is 1. The number of benzene rings is 1. The molecule has 120 valence electrons. The summed E-state index contributed by atoms with van der Waals surface area (Å²) >= 11 is 1.56. The molecule has 0 bridgehead atoms. The minimum atomic E-state index is -2.17. The maximum Gasteiger partial charge on any atom is 0.339 e. The molecule has 0 unspecified atom stereocenters. The number of hydrogen-bond donors (Lipinski definition) is 4. The van der Waals surface area contributed by atoms with Crippen LogP contribution in [0.3, 0.4) is 0 Å². The van der Waals surface area contributed by atoms with E-state index in [0.717, 1.165) is 21.0 Å². The second-order valence-electron chi connectivity index (χ2n) is 5.61. The second-order valence-corrected chi connectivity index (χ2v) is 6.73. The van der Waals surface area contributed by atoms with Crippen molar-refractivity contribution in [3.05, 3.63) is 52.9 Å². The van der Waals surface area contributed by atoms with Crippen LogP contribution >= 0.6 is 11.3 Å². The van der Waals surface area contributed by atoms with Crippen LogP contribution < -0.4 is 0 Å². The van der Waals surface area contributed by atoms with E-state index < -0.39 is 30.2 Å². The molecule has 1 aromatic carbocycles. The van der Waals surface area contributed by atoms with Gasteiger partial charge in [-0.15, -0.1) is 11.3 Å². The molecule has 1 aliphatic rings. The number of aliphatic carboxylic acids is 1. The molecule has 0 radical (unpaired) electrons. The van der Waals surface area contributed by atoms with E-state index in [9.17, 15) is 20.1 Å². The van der Waals surface area contributed by atoms with Gasteiger partial charge in [-0.25, -0.2) is 4.79 Å². The van der Waals surface area contributed by atoms with Gasteiger partial charge in [-0.3, -0.25) is 0 Å². The zero-order chi connectivity index (χ0) is 16.6. The van der Waals surface area contributed by atoms with Gasteiger partial charge in [0.2, 0.25) is 0 Å². The Labute approximate surface area is 136 Å². The molecule has 0 aliphatic heterocycles. The Morgan fingerprint density at radius 1 is 1.26 bits per heavy atom. The molecule has 0 saturated carbocycles. The first-order valence-corrected chi connectivity index (χ1v) is 7.92. The number of carboxylic acid groups (broad SMARTS) is 1. The molecule has 6 heteroatoms. The van der Waals surface area contributed by atoms with Gasteiger partial charge in [-0.2, -0.15) is 0 Å². The first-order chi connectivity index (χ1) is 10.9. The third-order valence-corrected chi connectivity index (χ3v) is 4.97. The van der Waals surface area contributed by atoms with Crippen LogP contribution in [0.2, 0.25) is 0 Å². The first-order valence-electron chi connectivity index (χ1n) is 7.10. The van der Waals surface area contributed by atoms with E-state index in [1.807, 2.05) is 30.3 Å². The lowest BCUT2D eigenvalue weighted by Crippen LogP contribution is -2.47. The van der Waals surface area contributed by atoms with Crippen LogP contribution in [0.4, 0.5) is 0 Å². The quantitative estimate of drug-likeness (QED) is 0.687. The van der Waals surface area contributed by atoms with Crippen molar-refractivity contribution < 1.29 is 25.2 Å². The number of carbonyl (C=O) groups is 1. The summed E-state index contributed by atoms with van der Waals surface area (Å²) in [5.41, 5.74) is -1.98. The summed E-state index contributed by atoms with van der Waals surface area (Å²) in [6.45, 7) is 0. The lowest BCUT2D eigenvalue weighted by atomic mass is 9.82. The maximum atomic E-state index is 11.2. The standard InChI is InChI=1S/C17H16O5S/c18-13-9-17(22,16(20)21)8-11(15(13)19)5-6-12-7-10-3-1-2-4-14(10)23-12/h1-8,13,15,18-19,22H,9H2,(H,20,21)/b6-5+/t13-,15-,17+/m1/s1. The van der Waals surface area contributed by atoms with Crippen LogP contribution in [0.5, 0.6) is 0 Å². The molecule has 0 saturated heterocycles. The zero-order valence-electron chi connectivity index (χ0n) is 12.1. The minimum absolute atomic E-state index is 0.186. The fourth-order valence-corrected chi connectivity index (χ4v) is 3.60. The van der Waals surface area contributed by atoms with Crippen molar-refractivity contribution >= 4 is 33.5 Å². The van der Waals surface area contributed by atoms with E-state index in [1.165, 1.54) is 6.08 Å². The molecular formula is C17H16O5S. The van der Waals surface area contributed by atoms with Crippen molar-refractivity contribution in [2.75, 3.05) is 0 Å². The maximum absolute atomic E-state index is 11.2. The summed E-state index contributed by atoms with van der Waals surface area (Å²) in [5, 5.41) is 40.0. The molecule has 1 aliphatic carbocycles. The molecule has 1 heterocycles. The van der Waals surface area contributed by atoms with Gasteiger partial charge in [0.1, 0.15) is 6.10 Å². The van der Waals surface area contributed by atoms with E-state index in [-0.39, 0.29) is 5.57 Å². The van der Waals surface area contributed by atoms with Gasteiger partial charge >= 0.3 is 5.97 Å². The fourth-order valence-electron chi connectivity index (χ4n) is 2.63. The van der Waals surface area contributed by atoms with Crippen molar-refractivity contribution in [2.24, 2.45) is 0 Å². The Morgan fingerprint density at radius 2 is 2.00 bits per heavy atom. The number of rotatable bonds is 3. The van der Waals surface area contributed by atoms with E-state index >= 15 is 0 Å². The smallest absolute Gasteiger partial charge is 0.339 e. The highest BCUT2D eigenvalue weighted by Crippen LogP contribution is 2.30. The first kappa shape index (κ1) is 15.9. The third-order valence-electron chi connectivity index (χ3n) is 3.89. The van der Waals surface area contributed by atoms with Gasteiger partial charge in [0.05, 0.1) is 6.10 Å². The predicted molar refractivity (Wildman–Crippen MR) is 88.2 cm³/mol. The molecule has 2 aromatic rings. The van der Waals surface area contributed by atoms with E-state index in [2.05, 4.69) is 0 Å². The Hall–Kier alpha value is -1.99. The van der Waals surface area contributed by atoms with Crippen molar-refractivity contribution in [3.63, 3.8) is 0 Å². The topological polar surface area (TPSA) is 98.0 Å². The van der Waals surface area contributed by atoms with Gasteiger partial charge in [0.25, 0.3) is 0 Å². The fraction of sp³-hybridized carbons (Fsp3) is 0.235. The van der Waals surface area contributed by atoms with Crippen molar-refractivity contribution in [1.82, 2.24) is 0 Å². The van der Waals surface area contributed by atoms with Gasteiger partial charge in [-0.05, 0) is 35.2 Å². The average molecular weight is 332 g/mol. The highest BCUT2D eigenvalue weighted by atomic mass is 32.1. The number of thiophene rings is 1. The van der Waals surface area contributed by atoms with Gasteiger partial charge < -0.3 is 20.4 Å². The molecule has 3 atom stereocenters. The summed E-state index contributed by atoms with van der Waals surface area (Å²) in [6.07, 6.45) is 1.37. The molecular weight excluding hydrogens is 316 g/mol. The number of fused-ring (bicyclic) bond motifs is 1. The summed E-state index contributed by atoms with van der Waals surface area (Å²) in [4.78, 5) is 12.1. The van der Waals surface area contributed by atoms with Crippen molar-refractivity contribution in [3.8, 4) is 0 Å². The monoisotopic (exact) mass is 332 g/mol. The summed E-state index contributed by atoms with van der Waals surface area (Å²) in [6, 6.07) is 9.86. The van der Waals surface area contributed by atoms with E-state index in [4.69, 9.17) is 5.11 Å². The van der Waals surface area contributed by atoms with Crippen molar-refractivity contribution in [1.29, 1.82) is 0 Å². The van der Waals surface area contributed by atoms with Crippen LogP contribution in [-0.4, -0.2) is 44.2 Å². The van der Waals surface area contributed by atoms with Crippen LogP contribution in [0.1, 0.15) is 11.3 Å². The molecule has 4 N–H and O–H groups in total. The highest BCUT2D eigenvalue weighted by molar-refractivity contribution is 7.19.